The van der Waals surface area contributed by atoms with Crippen LogP contribution in [0.4, 0.5) is 0 Å². The lowest BCUT2D eigenvalue weighted by atomic mass is 10.3. The van der Waals surface area contributed by atoms with Crippen LogP contribution >= 0.6 is 0 Å². The van der Waals surface area contributed by atoms with E-state index in [2.05, 4.69) is 62.3 Å². The van der Waals surface area contributed by atoms with Crippen molar-refractivity contribution in [2.45, 2.75) is 290 Å². The van der Waals surface area contributed by atoms with Crippen LogP contribution in [0.1, 0.15) is 236 Å². The average molecular weight is 735 g/mol. The zero-order chi connectivity index (χ0) is 36.5. The van der Waals surface area contributed by atoms with Crippen molar-refractivity contribution in [1.29, 1.82) is 0 Å². The van der Waals surface area contributed by atoms with Gasteiger partial charge in [0.15, 0.2) is 0 Å². The molecular weight excluding hydrogens is 636 g/mol. The van der Waals surface area contributed by atoms with Crippen molar-refractivity contribution < 1.29 is 0 Å². The van der Waals surface area contributed by atoms with Crippen molar-refractivity contribution in [3.63, 3.8) is 0 Å². The first kappa shape index (κ1) is 49.7. The monoisotopic (exact) mass is 735 g/mol. The SMILES string of the molecule is CCCCC[Si](CCCCC)(CCCCC)[B-]([Si](CCCCC)(CCCCC)CCCCC)[Si](CCCCC)(CCCCC)CCCCC. The highest BCUT2D eigenvalue weighted by Crippen LogP contribution is 2.49. The molecule has 0 nitrogen and oxygen atoms in total. The molecule has 0 unspecified atom stereocenters. The van der Waals surface area contributed by atoms with E-state index in [9.17, 15) is 0 Å². The molecule has 0 aromatic carbocycles. The Hall–Kier alpha value is 0.716. The molecule has 0 aromatic rings. The third-order valence-corrected chi connectivity index (χ3v) is 40.2. The van der Waals surface area contributed by atoms with Crippen LogP contribution in [0.25, 0.3) is 0 Å². The van der Waals surface area contributed by atoms with Crippen molar-refractivity contribution in [3.8, 4) is 0 Å². The Bertz CT molecular complexity index is 512. The Morgan fingerprint density at radius 3 is 0.429 bits per heavy atom. The Morgan fingerprint density at radius 1 is 0.204 bits per heavy atom. The van der Waals surface area contributed by atoms with Crippen LogP contribution in [0.3, 0.4) is 0 Å². The molecule has 0 bridgehead atoms. The normalized spacial score (nSPS) is 12.9. The molecule has 295 valence electrons. The van der Waals surface area contributed by atoms with Crippen LogP contribution in [-0.2, 0) is 0 Å². The van der Waals surface area contributed by atoms with Crippen molar-refractivity contribution in [1.82, 2.24) is 0 Å². The third kappa shape index (κ3) is 20.1. The Kier molecular flexibility index (Phi) is 33.8. The zero-order valence-electron chi connectivity index (χ0n) is 36.5. The van der Waals surface area contributed by atoms with E-state index in [-0.39, 0.29) is 0 Å². The van der Waals surface area contributed by atoms with Crippen LogP contribution in [-0.4, -0.2) is 29.3 Å². The van der Waals surface area contributed by atoms with E-state index in [1.807, 2.05) is 0 Å². The molecule has 0 atom stereocenters. The van der Waals surface area contributed by atoms with Gasteiger partial charge in [-0.3, -0.25) is 0 Å². The summed E-state index contributed by atoms with van der Waals surface area (Å²) < 4.78 is 0. The second-order valence-corrected chi connectivity index (χ2v) is 33.8. The maximum atomic E-state index is 2.49. The lowest BCUT2D eigenvalue weighted by molar-refractivity contribution is 0.714. The molecule has 0 aliphatic heterocycles. The second-order valence-electron chi connectivity index (χ2n) is 17.6. The molecule has 1 radical (unpaired) electrons. The predicted octanol–water partition coefficient (Wildman–Crippen LogP) is 17.8. The quantitative estimate of drug-likeness (QED) is 0.0436. The van der Waals surface area contributed by atoms with Crippen molar-refractivity contribution in [3.05, 3.63) is 0 Å². The van der Waals surface area contributed by atoms with E-state index in [4.69, 9.17) is 0 Å². The molecule has 0 amide bonds. The summed E-state index contributed by atoms with van der Waals surface area (Å²) in [6, 6.07) is 15.7. The standard InChI is InChI=1S/C45H99BSi3/c1-10-19-28-37-47(38-29-20-11-2,39-30-21-12-3)46(48(40-31-22-13-4,41-32-23-14-5)42-33-24-15-6)49(43-34-25-16-7,44-35-26-17-8)45-36-27-18-9/h10-45H2,1-9H3/q-1. The summed E-state index contributed by atoms with van der Waals surface area (Å²) in [5.41, 5.74) is 1.33. The summed E-state index contributed by atoms with van der Waals surface area (Å²) in [6.45, 7) is 22.4. The molecule has 0 aliphatic rings. The molecule has 49 heavy (non-hydrogen) atoms. The molecule has 4 heteroatoms. The highest BCUT2D eigenvalue weighted by atomic mass is 28.4. The van der Waals surface area contributed by atoms with E-state index in [0.29, 0.717) is 0 Å². The third-order valence-electron chi connectivity index (χ3n) is 13.3. The Labute approximate surface area is 318 Å². The van der Waals surface area contributed by atoms with Crippen LogP contribution in [0.5, 0.6) is 0 Å². The van der Waals surface area contributed by atoms with Crippen LogP contribution in [0, 0.1) is 0 Å². The predicted molar refractivity (Wildman–Crippen MR) is 242 cm³/mol. The van der Waals surface area contributed by atoms with E-state index in [1.54, 1.807) is 112 Å². The van der Waals surface area contributed by atoms with Gasteiger partial charge >= 0.3 is 0 Å². The van der Waals surface area contributed by atoms with Gasteiger partial charge in [-0.1, -0.05) is 290 Å². The number of rotatable bonds is 39. The van der Waals surface area contributed by atoms with Gasteiger partial charge in [-0.25, -0.2) is 0 Å². The molecule has 0 spiro atoms. The van der Waals surface area contributed by atoms with E-state index >= 15 is 0 Å². The molecule has 0 fully saturated rings. The molecule has 0 heterocycles. The van der Waals surface area contributed by atoms with Crippen molar-refractivity contribution >= 4 is 29.3 Å². The van der Waals surface area contributed by atoms with Crippen molar-refractivity contribution in [2.75, 3.05) is 0 Å². The number of hydrogen-bond donors (Lipinski definition) is 0. The molecule has 0 saturated carbocycles. The lowest BCUT2D eigenvalue weighted by Gasteiger charge is -2.69. The summed E-state index contributed by atoms with van der Waals surface area (Å²) >= 11 is 0. The summed E-state index contributed by atoms with van der Waals surface area (Å²) in [6.07, 6.45) is 40.6. The fourth-order valence-electron chi connectivity index (χ4n) is 10.9. The Balaban J connectivity index is 8.19. The minimum atomic E-state index is -1.55. The average Bonchev–Trinajstić information content (AvgIpc) is 3.09. The summed E-state index contributed by atoms with van der Waals surface area (Å²) in [5.74, 6) is 0. The molecular formula is C45H99BSi3-. The van der Waals surface area contributed by atoms with Gasteiger partial charge in [0.05, 0.1) is 0 Å². The minimum Gasteiger partial charge on any atom is -0.126 e. The molecule has 0 aromatic heterocycles. The van der Waals surface area contributed by atoms with Gasteiger partial charge in [0.1, 0.15) is 0 Å². The molecule has 0 rings (SSSR count). The van der Waals surface area contributed by atoms with E-state index in [0.717, 1.165) is 0 Å². The van der Waals surface area contributed by atoms with Crippen LogP contribution in [0.15, 0.2) is 0 Å². The van der Waals surface area contributed by atoms with Gasteiger partial charge < -0.3 is 0 Å². The van der Waals surface area contributed by atoms with Gasteiger partial charge in [0.25, 0.3) is 0 Å². The fraction of sp³-hybridized carbons (Fsp3) is 1.00. The van der Waals surface area contributed by atoms with Gasteiger partial charge in [-0.15, -0.1) is 29.3 Å². The highest BCUT2D eigenvalue weighted by Gasteiger charge is 2.49. The number of hydrogen-bond acceptors (Lipinski definition) is 0. The molecule has 0 N–H and O–H groups in total. The summed E-state index contributed by atoms with van der Waals surface area (Å²) in [7, 11) is -4.64. The highest BCUT2D eigenvalue weighted by molar-refractivity contribution is 7.82. The maximum absolute atomic E-state index is 2.49. The van der Waals surface area contributed by atoms with E-state index in [1.165, 1.54) is 121 Å². The summed E-state index contributed by atoms with van der Waals surface area (Å²) in [5, 5.41) is 0. The lowest BCUT2D eigenvalue weighted by Crippen LogP contribution is -2.78. The van der Waals surface area contributed by atoms with Gasteiger partial charge in [0.2, 0.25) is 0 Å². The number of unbranched alkanes of at least 4 members (excludes halogenated alkanes) is 18. The first-order valence-corrected chi connectivity index (χ1v) is 32.0. The summed E-state index contributed by atoms with van der Waals surface area (Å²) in [4.78, 5) is 0. The second kappa shape index (κ2) is 33.3. The first-order chi connectivity index (χ1) is 23.9. The maximum Gasteiger partial charge on any atom is -0.0539 e. The Morgan fingerprint density at radius 2 is 0.327 bits per heavy atom. The minimum absolute atomic E-state index is 1.33. The van der Waals surface area contributed by atoms with Gasteiger partial charge in [-0.05, 0) is 0 Å². The van der Waals surface area contributed by atoms with Crippen LogP contribution < -0.4 is 0 Å². The van der Waals surface area contributed by atoms with Crippen molar-refractivity contribution in [2.24, 2.45) is 0 Å². The van der Waals surface area contributed by atoms with Gasteiger partial charge in [-0.2, -0.15) is 0 Å². The largest absolute Gasteiger partial charge is 0.126 e. The first-order valence-electron chi connectivity index (χ1n) is 23.9. The van der Waals surface area contributed by atoms with Gasteiger partial charge in [0, 0.05) is 0 Å². The molecule has 0 saturated heterocycles. The smallest absolute Gasteiger partial charge is 0.0539 e. The fourth-order valence-corrected chi connectivity index (χ4v) is 47.7. The zero-order valence-corrected chi connectivity index (χ0v) is 39.5. The topological polar surface area (TPSA) is 0 Å². The van der Waals surface area contributed by atoms with E-state index < -0.39 is 23.8 Å². The van der Waals surface area contributed by atoms with Crippen LogP contribution in [0.2, 0.25) is 54.4 Å². The molecule has 0 aliphatic carbocycles.